The molecule has 6 nitrogen and oxygen atoms in total. The van der Waals surface area contributed by atoms with Crippen LogP contribution in [-0.4, -0.2) is 16.2 Å². The van der Waals surface area contributed by atoms with Crippen LogP contribution in [0.4, 0.5) is 16.2 Å². The Hall–Kier alpha value is -3.35. The highest BCUT2D eigenvalue weighted by Crippen LogP contribution is 2.25. The molecule has 0 aliphatic carbocycles. The Morgan fingerprint density at radius 3 is 2.42 bits per heavy atom. The monoisotopic (exact) mass is 452 g/mol. The number of hydrogen-bond acceptors (Lipinski definition) is 3. The topological polar surface area (TPSA) is 86.9 Å². The number of carbonyl (C=O) groups excluding carboxylic acids is 1. The minimum absolute atomic E-state index is 0.323. The van der Waals surface area contributed by atoms with Gasteiger partial charge in [0, 0.05) is 23.2 Å². The number of hydrogen-bond donors (Lipinski definition) is 3. The van der Waals surface area contributed by atoms with Crippen molar-refractivity contribution < 1.29 is 4.79 Å². The number of H-pyrrole nitrogens is 1. The summed E-state index contributed by atoms with van der Waals surface area (Å²) in [6.45, 7) is 2.03. The molecule has 4 aromatic rings. The van der Waals surface area contributed by atoms with Crippen molar-refractivity contribution in [2.45, 2.75) is 13.3 Å². The van der Waals surface area contributed by atoms with E-state index >= 15 is 0 Å². The summed E-state index contributed by atoms with van der Waals surface area (Å²) < 4.78 is 0. The lowest BCUT2D eigenvalue weighted by Gasteiger charge is -2.10. The average Bonchev–Trinajstić information content (AvgIpc) is 2.73. The van der Waals surface area contributed by atoms with Crippen LogP contribution in [0.25, 0.3) is 10.8 Å². The Bertz CT molecular complexity index is 1350. The number of nitrogens with zero attached hydrogens (tertiary/aromatic N) is 1. The molecule has 0 spiro atoms. The van der Waals surface area contributed by atoms with Crippen LogP contribution in [0.3, 0.4) is 0 Å². The lowest BCUT2D eigenvalue weighted by Crippen LogP contribution is -2.20. The van der Waals surface area contributed by atoms with Crippen molar-refractivity contribution in [2.24, 2.45) is 0 Å². The summed E-state index contributed by atoms with van der Waals surface area (Å²) in [5, 5.41) is 14.1. The summed E-state index contributed by atoms with van der Waals surface area (Å²) in [5.74, 6) is 0. The number of urea groups is 1. The van der Waals surface area contributed by atoms with Crippen LogP contribution in [-0.2, 0) is 6.42 Å². The Labute approximate surface area is 188 Å². The lowest BCUT2D eigenvalue weighted by molar-refractivity contribution is 0.262. The number of aromatic amines is 1. The Morgan fingerprint density at radius 1 is 0.935 bits per heavy atom. The van der Waals surface area contributed by atoms with E-state index in [4.69, 9.17) is 23.2 Å². The predicted molar refractivity (Wildman–Crippen MR) is 125 cm³/mol. The first kappa shape index (κ1) is 20.9. The van der Waals surface area contributed by atoms with Gasteiger partial charge < -0.3 is 10.6 Å². The normalized spacial score (nSPS) is 10.8. The van der Waals surface area contributed by atoms with Crippen LogP contribution in [0.15, 0.2) is 65.5 Å². The second-order valence-electron chi connectivity index (χ2n) is 7.13. The zero-order valence-corrected chi connectivity index (χ0v) is 18.0. The molecule has 0 radical (unpaired) electrons. The first-order valence-corrected chi connectivity index (χ1v) is 10.2. The van der Waals surface area contributed by atoms with Crippen LogP contribution in [0.1, 0.15) is 16.8 Å². The molecule has 0 atom stereocenters. The summed E-state index contributed by atoms with van der Waals surface area (Å²) in [6.07, 6.45) is 0.583. The minimum atomic E-state index is -0.469. The Kier molecular flexibility index (Phi) is 5.93. The zero-order chi connectivity index (χ0) is 22.0. The van der Waals surface area contributed by atoms with Gasteiger partial charge in [0.25, 0.3) is 5.56 Å². The van der Waals surface area contributed by atoms with Crippen molar-refractivity contribution in [1.82, 2.24) is 10.2 Å². The van der Waals surface area contributed by atoms with E-state index < -0.39 is 6.03 Å². The summed E-state index contributed by atoms with van der Waals surface area (Å²) in [6, 6.07) is 17.6. The summed E-state index contributed by atoms with van der Waals surface area (Å²) in [4.78, 5) is 24.7. The molecule has 2 amide bonds. The quantitative estimate of drug-likeness (QED) is 0.367. The van der Waals surface area contributed by atoms with E-state index in [0.717, 1.165) is 22.2 Å². The van der Waals surface area contributed by atoms with Crippen LogP contribution in [0, 0.1) is 6.92 Å². The fraction of sp³-hybridized carbons (Fsp3) is 0.0870. The first-order chi connectivity index (χ1) is 14.9. The molecule has 0 saturated carbocycles. The summed E-state index contributed by atoms with van der Waals surface area (Å²) in [7, 11) is 0. The van der Waals surface area contributed by atoms with Gasteiger partial charge in [0.1, 0.15) is 0 Å². The van der Waals surface area contributed by atoms with E-state index in [2.05, 4.69) is 26.9 Å². The van der Waals surface area contributed by atoms with Gasteiger partial charge in [-0.05, 0) is 42.8 Å². The summed E-state index contributed by atoms with van der Waals surface area (Å²) >= 11 is 11.9. The number of anilines is 2. The van der Waals surface area contributed by atoms with Gasteiger partial charge in [0.2, 0.25) is 0 Å². The highest BCUT2D eigenvalue weighted by Gasteiger charge is 2.11. The van der Waals surface area contributed by atoms with E-state index in [1.807, 2.05) is 25.1 Å². The third-order valence-corrected chi connectivity index (χ3v) is 5.50. The number of aryl methyl sites for hydroxylation is 1. The molecule has 0 bridgehead atoms. The molecule has 4 rings (SSSR count). The second-order valence-corrected chi connectivity index (χ2v) is 7.95. The van der Waals surface area contributed by atoms with Gasteiger partial charge in [-0.2, -0.15) is 5.10 Å². The molecule has 0 aliphatic heterocycles. The van der Waals surface area contributed by atoms with Gasteiger partial charge in [0.15, 0.2) is 0 Å². The number of amides is 2. The highest BCUT2D eigenvalue weighted by atomic mass is 35.5. The third-order valence-electron chi connectivity index (χ3n) is 4.76. The van der Waals surface area contributed by atoms with E-state index in [9.17, 15) is 9.59 Å². The molecule has 0 saturated heterocycles. The maximum atomic E-state index is 12.4. The molecule has 3 aromatic carbocycles. The van der Waals surface area contributed by atoms with Gasteiger partial charge >= 0.3 is 6.03 Å². The number of halogens is 2. The lowest BCUT2D eigenvalue weighted by atomic mass is 10.0. The molecule has 0 fully saturated rings. The summed E-state index contributed by atoms with van der Waals surface area (Å²) in [5.41, 5.74) is 3.66. The van der Waals surface area contributed by atoms with Gasteiger partial charge in [0.05, 0.1) is 21.1 Å². The second kappa shape index (κ2) is 8.79. The minimum Gasteiger partial charge on any atom is -0.308 e. The predicted octanol–water partition coefficient (Wildman–Crippen LogP) is 5.77. The molecule has 1 aromatic heterocycles. The number of benzene rings is 3. The molecular weight excluding hydrogens is 435 g/mol. The van der Waals surface area contributed by atoms with Crippen molar-refractivity contribution in [1.29, 1.82) is 0 Å². The molecule has 156 valence electrons. The molecule has 0 unspecified atom stereocenters. The fourth-order valence-corrected chi connectivity index (χ4v) is 3.62. The Morgan fingerprint density at radius 2 is 1.68 bits per heavy atom. The van der Waals surface area contributed by atoms with E-state index in [1.165, 1.54) is 0 Å². The number of carbonyl (C=O) groups is 1. The smallest absolute Gasteiger partial charge is 0.308 e. The molecule has 3 N–H and O–H groups in total. The maximum Gasteiger partial charge on any atom is 0.323 e. The SMILES string of the molecule is Cc1cccc(Cc2n[nH]c(=O)c3cc(NC(=O)Nc4ccc(Cl)c(Cl)c4)ccc23)c1. The van der Waals surface area contributed by atoms with Gasteiger partial charge in [-0.15, -0.1) is 0 Å². The van der Waals surface area contributed by atoms with Crippen LogP contribution in [0.2, 0.25) is 10.0 Å². The van der Waals surface area contributed by atoms with Crippen LogP contribution >= 0.6 is 23.2 Å². The van der Waals surface area contributed by atoms with Gasteiger partial charge in [-0.1, -0.05) is 59.1 Å². The highest BCUT2D eigenvalue weighted by molar-refractivity contribution is 6.42. The van der Waals surface area contributed by atoms with Crippen molar-refractivity contribution in [3.8, 4) is 0 Å². The molecule has 8 heteroatoms. The maximum absolute atomic E-state index is 12.4. The fourth-order valence-electron chi connectivity index (χ4n) is 3.32. The molecule has 0 aliphatic rings. The van der Waals surface area contributed by atoms with Crippen molar-refractivity contribution in [2.75, 3.05) is 10.6 Å². The van der Waals surface area contributed by atoms with Crippen molar-refractivity contribution in [3.05, 3.63) is 97.9 Å². The largest absolute Gasteiger partial charge is 0.323 e. The van der Waals surface area contributed by atoms with Crippen LogP contribution in [0.5, 0.6) is 0 Å². The zero-order valence-electron chi connectivity index (χ0n) is 16.5. The first-order valence-electron chi connectivity index (χ1n) is 9.49. The van der Waals surface area contributed by atoms with Gasteiger partial charge in [-0.25, -0.2) is 9.89 Å². The van der Waals surface area contributed by atoms with Crippen molar-refractivity contribution in [3.63, 3.8) is 0 Å². The van der Waals surface area contributed by atoms with E-state index in [-0.39, 0.29) is 5.56 Å². The number of rotatable bonds is 4. The third kappa shape index (κ3) is 4.87. The molecular formula is C23H18Cl2N4O2. The van der Waals surface area contributed by atoms with Crippen molar-refractivity contribution >= 4 is 51.4 Å². The van der Waals surface area contributed by atoms with E-state index in [1.54, 1.807) is 36.4 Å². The number of aromatic nitrogens is 2. The number of nitrogens with one attached hydrogen (secondary N) is 3. The number of fused-ring (bicyclic) bond motifs is 1. The van der Waals surface area contributed by atoms with Gasteiger partial charge in [-0.3, -0.25) is 4.79 Å². The van der Waals surface area contributed by atoms with E-state index in [0.29, 0.717) is 33.2 Å². The standard InChI is InChI=1S/C23H18Cl2N4O2/c1-13-3-2-4-14(9-13)10-21-17-7-5-15(11-18(17)22(30)29-28-21)26-23(31)27-16-6-8-19(24)20(25)12-16/h2-9,11-12H,10H2,1H3,(H,29,30)(H2,26,27,31). The van der Waals surface area contributed by atoms with Crippen LogP contribution < -0.4 is 16.2 Å². The Balaban J connectivity index is 1.57. The molecule has 1 heterocycles. The molecule has 31 heavy (non-hydrogen) atoms. The average molecular weight is 453 g/mol.